The van der Waals surface area contributed by atoms with Gasteiger partial charge in [-0.2, -0.15) is 5.10 Å². The number of ketones is 1. The number of nitrogens with zero attached hydrogens (tertiary/aromatic N) is 2. The van der Waals surface area contributed by atoms with Crippen molar-refractivity contribution in [2.24, 2.45) is 7.05 Å². The fourth-order valence-corrected chi connectivity index (χ4v) is 3.41. The summed E-state index contributed by atoms with van der Waals surface area (Å²) in [6, 6.07) is 5.78. The van der Waals surface area contributed by atoms with Crippen molar-refractivity contribution >= 4 is 17.8 Å². The third kappa shape index (κ3) is 3.62. The molecule has 0 saturated carbocycles. The van der Waals surface area contributed by atoms with Gasteiger partial charge in [-0.05, 0) is 63.3 Å². The summed E-state index contributed by atoms with van der Waals surface area (Å²) in [7, 11) is 1.86. The first-order chi connectivity index (χ1) is 12.4. The van der Waals surface area contributed by atoms with E-state index in [1.165, 1.54) is 17.2 Å². The van der Waals surface area contributed by atoms with Gasteiger partial charge in [0.25, 0.3) is 0 Å². The van der Waals surface area contributed by atoms with Crippen LogP contribution in [-0.2, 0) is 29.4 Å². The zero-order chi connectivity index (χ0) is 18.8. The third-order valence-electron chi connectivity index (χ3n) is 5.00. The van der Waals surface area contributed by atoms with Crippen molar-refractivity contribution in [1.29, 1.82) is 0 Å². The van der Waals surface area contributed by atoms with Gasteiger partial charge >= 0.3 is 5.97 Å². The second-order valence-corrected chi connectivity index (χ2v) is 6.82. The Bertz CT molecular complexity index is 893. The number of ether oxygens (including phenoxy) is 1. The van der Waals surface area contributed by atoms with Crippen LogP contribution in [0, 0.1) is 13.8 Å². The molecule has 0 amide bonds. The predicted octanol–water partition coefficient (Wildman–Crippen LogP) is 3.35. The molecular weight excluding hydrogens is 328 g/mol. The highest BCUT2D eigenvalue weighted by molar-refractivity contribution is 6.01. The molecule has 0 saturated heterocycles. The van der Waals surface area contributed by atoms with Crippen molar-refractivity contribution in [3.63, 3.8) is 0 Å². The quantitative estimate of drug-likeness (QED) is 0.470. The molecule has 0 bridgehead atoms. The fourth-order valence-electron chi connectivity index (χ4n) is 3.41. The number of aromatic nitrogens is 2. The lowest BCUT2D eigenvalue weighted by molar-refractivity contribution is -0.140. The van der Waals surface area contributed by atoms with E-state index in [4.69, 9.17) is 4.74 Å². The Labute approximate surface area is 153 Å². The zero-order valence-electron chi connectivity index (χ0n) is 15.7. The maximum absolute atomic E-state index is 12.6. The lowest BCUT2D eigenvalue weighted by Gasteiger charge is -2.12. The van der Waals surface area contributed by atoms with Gasteiger partial charge in [0.15, 0.2) is 6.10 Å². The maximum Gasteiger partial charge on any atom is 0.331 e. The largest absolute Gasteiger partial charge is 0.451 e. The molecule has 0 spiro atoms. The number of Topliss-reactive ketones (excluding diaryl/α,β-unsaturated/α-hetero) is 1. The van der Waals surface area contributed by atoms with Crippen LogP contribution in [-0.4, -0.2) is 27.6 Å². The van der Waals surface area contributed by atoms with Gasteiger partial charge in [-0.15, -0.1) is 0 Å². The van der Waals surface area contributed by atoms with Crippen LogP contribution in [0.5, 0.6) is 0 Å². The molecule has 1 heterocycles. The first-order valence-corrected chi connectivity index (χ1v) is 8.91. The Kier molecular flexibility index (Phi) is 5.07. The highest BCUT2D eigenvalue weighted by Crippen LogP contribution is 2.23. The van der Waals surface area contributed by atoms with Crippen LogP contribution in [0.3, 0.4) is 0 Å². The normalized spacial score (nSPS) is 14.5. The Morgan fingerprint density at radius 1 is 1.23 bits per heavy atom. The minimum Gasteiger partial charge on any atom is -0.451 e. The lowest BCUT2D eigenvalue weighted by Crippen LogP contribution is -2.23. The molecule has 5 nitrogen and oxygen atoms in total. The molecule has 2 aromatic rings. The number of benzene rings is 1. The summed E-state index contributed by atoms with van der Waals surface area (Å²) in [6.45, 7) is 5.44. The van der Waals surface area contributed by atoms with E-state index in [1.807, 2.05) is 39.1 Å². The molecular formula is C21H24N2O3. The van der Waals surface area contributed by atoms with Crippen LogP contribution >= 0.6 is 0 Å². The van der Waals surface area contributed by atoms with Crippen LogP contribution in [0.2, 0.25) is 0 Å². The van der Waals surface area contributed by atoms with E-state index in [2.05, 4.69) is 5.10 Å². The van der Waals surface area contributed by atoms with E-state index in [-0.39, 0.29) is 5.78 Å². The Hall–Kier alpha value is -2.69. The molecule has 3 rings (SSSR count). The van der Waals surface area contributed by atoms with Gasteiger partial charge in [-0.3, -0.25) is 9.48 Å². The molecule has 136 valence electrons. The molecule has 1 aromatic heterocycles. The van der Waals surface area contributed by atoms with Crippen molar-refractivity contribution in [1.82, 2.24) is 9.78 Å². The molecule has 1 aliphatic carbocycles. The Balaban J connectivity index is 1.65. The molecule has 0 N–H and O–H groups in total. The van der Waals surface area contributed by atoms with Crippen molar-refractivity contribution in [3.05, 3.63) is 57.9 Å². The standard InChI is InChI=1S/C21H24N2O3/c1-13-19(14(2)23(4)22-13)10-11-20(24)26-15(3)21(25)18-9-8-16-6-5-7-17(16)12-18/h8-12,15H,5-7H2,1-4H3/b11-10+/t15-/m1/s1. The van der Waals surface area contributed by atoms with Gasteiger partial charge in [-0.1, -0.05) is 12.1 Å². The van der Waals surface area contributed by atoms with Crippen LogP contribution in [0.15, 0.2) is 24.3 Å². The molecule has 0 unspecified atom stereocenters. The molecule has 5 heteroatoms. The minimum atomic E-state index is -0.817. The third-order valence-corrected chi connectivity index (χ3v) is 5.00. The average Bonchev–Trinajstić information content (AvgIpc) is 3.16. The summed E-state index contributed by atoms with van der Waals surface area (Å²) in [5, 5.41) is 4.31. The number of carbonyl (C=O) groups is 2. The molecule has 26 heavy (non-hydrogen) atoms. The van der Waals surface area contributed by atoms with Gasteiger partial charge in [-0.25, -0.2) is 4.79 Å². The zero-order valence-corrected chi connectivity index (χ0v) is 15.7. The topological polar surface area (TPSA) is 61.2 Å². The van der Waals surface area contributed by atoms with Gasteiger partial charge in [0.1, 0.15) is 0 Å². The van der Waals surface area contributed by atoms with E-state index in [1.54, 1.807) is 17.7 Å². The minimum absolute atomic E-state index is 0.171. The monoisotopic (exact) mass is 352 g/mol. The van der Waals surface area contributed by atoms with Gasteiger partial charge < -0.3 is 4.74 Å². The predicted molar refractivity (Wildman–Crippen MR) is 100 cm³/mol. The van der Waals surface area contributed by atoms with E-state index in [0.29, 0.717) is 5.56 Å². The van der Waals surface area contributed by atoms with E-state index >= 15 is 0 Å². The van der Waals surface area contributed by atoms with E-state index < -0.39 is 12.1 Å². The van der Waals surface area contributed by atoms with Gasteiger partial charge in [0.2, 0.25) is 5.78 Å². The summed E-state index contributed by atoms with van der Waals surface area (Å²) in [6.07, 6.45) is 5.44. The van der Waals surface area contributed by atoms with Crippen molar-refractivity contribution < 1.29 is 14.3 Å². The lowest BCUT2D eigenvalue weighted by atomic mass is 10.0. The van der Waals surface area contributed by atoms with E-state index in [0.717, 1.165) is 36.2 Å². The molecule has 0 aliphatic heterocycles. The van der Waals surface area contributed by atoms with E-state index in [9.17, 15) is 9.59 Å². The second kappa shape index (κ2) is 7.28. The van der Waals surface area contributed by atoms with Gasteiger partial charge in [0.05, 0.1) is 5.69 Å². The smallest absolute Gasteiger partial charge is 0.331 e. The summed E-state index contributed by atoms with van der Waals surface area (Å²) < 4.78 is 7.06. The first-order valence-electron chi connectivity index (χ1n) is 8.91. The number of hydrogen-bond donors (Lipinski definition) is 0. The number of fused-ring (bicyclic) bond motifs is 1. The summed E-state index contributed by atoms with van der Waals surface area (Å²) in [4.78, 5) is 24.6. The van der Waals surface area contributed by atoms with Crippen LogP contribution in [0.25, 0.3) is 6.08 Å². The highest BCUT2D eigenvalue weighted by Gasteiger charge is 2.21. The number of hydrogen-bond acceptors (Lipinski definition) is 4. The van der Waals surface area contributed by atoms with Crippen LogP contribution in [0.1, 0.15) is 51.8 Å². The maximum atomic E-state index is 12.6. The SMILES string of the molecule is Cc1nn(C)c(C)c1/C=C/C(=O)O[C@H](C)C(=O)c1ccc2c(c1)CCC2. The van der Waals surface area contributed by atoms with Crippen LogP contribution in [0.4, 0.5) is 0 Å². The highest BCUT2D eigenvalue weighted by atomic mass is 16.5. The summed E-state index contributed by atoms with van der Waals surface area (Å²) in [5.74, 6) is -0.704. The number of rotatable bonds is 5. The molecule has 0 radical (unpaired) electrons. The first kappa shape index (κ1) is 18.1. The number of esters is 1. The molecule has 1 atom stereocenters. The van der Waals surface area contributed by atoms with Crippen molar-refractivity contribution in [2.45, 2.75) is 46.1 Å². The fraction of sp³-hybridized carbons (Fsp3) is 0.381. The molecule has 1 aromatic carbocycles. The molecule has 1 aliphatic rings. The Morgan fingerprint density at radius 2 is 1.96 bits per heavy atom. The van der Waals surface area contributed by atoms with Crippen LogP contribution < -0.4 is 0 Å². The van der Waals surface area contributed by atoms with Gasteiger partial charge in [0, 0.05) is 29.9 Å². The molecule has 0 fully saturated rings. The van der Waals surface area contributed by atoms with Crippen molar-refractivity contribution in [3.8, 4) is 0 Å². The average molecular weight is 352 g/mol. The Morgan fingerprint density at radius 3 is 2.65 bits per heavy atom. The summed E-state index contributed by atoms with van der Waals surface area (Å²) in [5.41, 5.74) is 5.86. The number of carbonyl (C=O) groups excluding carboxylic acids is 2. The number of aryl methyl sites for hydroxylation is 4. The second-order valence-electron chi connectivity index (χ2n) is 6.82. The van der Waals surface area contributed by atoms with Crippen molar-refractivity contribution in [2.75, 3.05) is 0 Å². The summed E-state index contributed by atoms with van der Waals surface area (Å²) >= 11 is 0.